The molecule has 3 aliphatic rings. The second kappa shape index (κ2) is 19.6. The Morgan fingerprint density at radius 1 is 0.738 bits per heavy atom. The number of aromatic nitrogens is 3. The molecule has 0 unspecified atom stereocenters. The normalized spacial score (nSPS) is 14.4. The van der Waals surface area contributed by atoms with Crippen molar-refractivity contribution in [2.75, 3.05) is 25.5 Å². The number of non-ortho nitro benzene ring substituents is 1. The van der Waals surface area contributed by atoms with Crippen molar-refractivity contribution in [1.29, 1.82) is 0 Å². The van der Waals surface area contributed by atoms with Crippen molar-refractivity contribution in [3.05, 3.63) is 215 Å². The monoisotopic (exact) mass is 922 g/mol. The number of amides is 1. The van der Waals surface area contributed by atoms with Gasteiger partial charge in [0.1, 0.15) is 31.3 Å². The molecule has 0 aliphatic carbocycles. The topological polar surface area (TPSA) is 176 Å². The minimum absolute atomic E-state index is 0.0664. The molecule has 1 aromatic heterocycles. The molecule has 0 radical (unpaired) electrons. The van der Waals surface area contributed by atoms with E-state index in [1.807, 2.05) is 90.4 Å². The molecule has 17 heteroatoms. The van der Waals surface area contributed by atoms with Gasteiger partial charge < -0.3 is 5.32 Å². The number of rotatable bonds is 4. The van der Waals surface area contributed by atoms with Gasteiger partial charge in [0.25, 0.3) is 5.69 Å². The third-order valence-electron chi connectivity index (χ3n) is 10.3. The molecular formula is C48H37Cl3N10O4. The van der Waals surface area contributed by atoms with Crippen molar-refractivity contribution in [2.24, 2.45) is 20.0 Å². The number of anilines is 1. The second-order valence-corrected chi connectivity index (χ2v) is 15.8. The van der Waals surface area contributed by atoms with Crippen molar-refractivity contribution in [1.82, 2.24) is 19.8 Å². The number of carbonyl (C=O) groups excluding carboxylic acids is 1. The Labute approximate surface area is 387 Å². The molecule has 0 atom stereocenters. The highest BCUT2D eigenvalue weighted by molar-refractivity contribution is 6.36. The van der Waals surface area contributed by atoms with E-state index in [1.165, 1.54) is 23.3 Å². The lowest BCUT2D eigenvalue weighted by Gasteiger charge is -2.19. The van der Waals surface area contributed by atoms with Gasteiger partial charge in [0.05, 0.1) is 38.8 Å². The molecule has 0 spiro atoms. The molecule has 6 aromatic carbocycles. The number of halogens is 3. The number of nitrogens with zero attached hydrogens (tertiary/aromatic N) is 9. The van der Waals surface area contributed by atoms with Crippen LogP contribution >= 0.6 is 34.8 Å². The molecule has 2 N–H and O–H groups in total. The van der Waals surface area contributed by atoms with E-state index in [1.54, 1.807) is 37.4 Å². The van der Waals surface area contributed by atoms with E-state index < -0.39 is 4.92 Å². The predicted octanol–water partition coefficient (Wildman–Crippen LogP) is 8.47. The fraction of sp³-hybridized carbons (Fsp3) is 0.104. The summed E-state index contributed by atoms with van der Waals surface area (Å²) in [5, 5.41) is 37.0. The van der Waals surface area contributed by atoms with Gasteiger partial charge in [-0.2, -0.15) is 0 Å². The number of hydrogen-bond acceptors (Lipinski definition) is 10. The minimum Gasteiger partial charge on any atom is -0.324 e. The van der Waals surface area contributed by atoms with Crippen LogP contribution in [0.5, 0.6) is 0 Å². The number of hydrogen-bond donors (Lipinski definition) is 2. The standard InChI is InChI=1S/C17H13ClN4.C16H14ClN3O.C15H10ClN3O3/c1-11-20-21-16-10-19-17(12-5-3-2-4-6-12)14-9-13(18)7-8-15(14)22(11)16;1-18-15-10-20(21)16(11-5-3-2-4-6-11)13-9-12(17)7-8-14(13)19-15;16-12-4-2-1-3-10(12)15-11-7-9(19(21)22)5-6-13(11)18-14(20)8-17-15/h2-9H,10H2,1H3;2-9,21H,10H2,1H3;1-7H,8H2,(H,18,20). The lowest BCUT2D eigenvalue weighted by atomic mass is 10.00. The highest BCUT2D eigenvalue weighted by atomic mass is 35.5. The minimum atomic E-state index is -0.489. The van der Waals surface area contributed by atoms with Crippen LogP contribution in [-0.4, -0.2) is 73.3 Å². The van der Waals surface area contributed by atoms with E-state index in [2.05, 4.69) is 42.6 Å². The first kappa shape index (κ1) is 44.3. The van der Waals surface area contributed by atoms with Crippen LogP contribution in [0.3, 0.4) is 0 Å². The Morgan fingerprint density at radius 2 is 1.42 bits per heavy atom. The first-order valence-electron chi connectivity index (χ1n) is 20.0. The van der Waals surface area contributed by atoms with Crippen LogP contribution in [0.15, 0.2) is 159 Å². The summed E-state index contributed by atoms with van der Waals surface area (Å²) in [4.78, 5) is 39.9. The average Bonchev–Trinajstić information content (AvgIpc) is 3.41. The number of fused-ring (bicyclic) bond motifs is 5. The second-order valence-electron chi connectivity index (χ2n) is 14.6. The Morgan fingerprint density at radius 3 is 2.14 bits per heavy atom. The molecule has 4 heterocycles. The number of carbonyl (C=O) groups is 1. The number of hydroxylamine groups is 2. The molecule has 65 heavy (non-hydrogen) atoms. The summed E-state index contributed by atoms with van der Waals surface area (Å²) in [6.07, 6.45) is 0. The summed E-state index contributed by atoms with van der Waals surface area (Å²) >= 11 is 18.5. The maximum Gasteiger partial charge on any atom is 0.270 e. The zero-order chi connectivity index (χ0) is 45.6. The maximum absolute atomic E-state index is 11.7. The van der Waals surface area contributed by atoms with Crippen LogP contribution in [0.4, 0.5) is 11.4 Å². The molecule has 324 valence electrons. The highest BCUT2D eigenvalue weighted by Crippen LogP contribution is 2.30. The van der Waals surface area contributed by atoms with Crippen LogP contribution in [0.2, 0.25) is 15.1 Å². The van der Waals surface area contributed by atoms with Gasteiger partial charge in [-0.1, -0.05) is 114 Å². The number of nitro groups is 1. The van der Waals surface area contributed by atoms with Crippen LogP contribution in [-0.2, 0) is 11.3 Å². The SMILES string of the molecule is CN=C1CN(O)C(c2ccccc2)=c2cc(Cl)ccc2=N1.Cc1nnc2n1-c1ccc(Cl)cc1C(c1ccccc1)=NC2.O=C1CN=C(c2ccccc2Cl)c2cc([N+](=O)[O-])ccc2N1. The van der Waals surface area contributed by atoms with Gasteiger partial charge >= 0.3 is 0 Å². The summed E-state index contributed by atoms with van der Waals surface area (Å²) in [6, 6.07) is 42.4. The number of aliphatic imine (C=N–C) groups is 3. The lowest BCUT2D eigenvalue weighted by Crippen LogP contribution is -2.31. The molecule has 14 nitrogen and oxygen atoms in total. The fourth-order valence-corrected chi connectivity index (χ4v) is 7.97. The number of benzodiazepines with no additional fused rings is 1. The van der Waals surface area contributed by atoms with E-state index in [4.69, 9.17) is 39.8 Å². The molecule has 3 aliphatic heterocycles. The van der Waals surface area contributed by atoms with Gasteiger partial charge in [0.2, 0.25) is 5.91 Å². The Balaban J connectivity index is 0.000000133. The van der Waals surface area contributed by atoms with Gasteiger partial charge in [-0.05, 0) is 55.5 Å². The van der Waals surface area contributed by atoms with E-state index in [0.717, 1.165) is 50.3 Å². The summed E-state index contributed by atoms with van der Waals surface area (Å²) < 4.78 is 2.05. The van der Waals surface area contributed by atoms with Crippen LogP contribution in [0.1, 0.15) is 39.5 Å². The third-order valence-corrected chi connectivity index (χ3v) is 11.1. The molecule has 0 saturated heterocycles. The van der Waals surface area contributed by atoms with Crippen molar-refractivity contribution >= 4 is 75.0 Å². The van der Waals surface area contributed by atoms with Gasteiger partial charge in [-0.3, -0.25) is 39.7 Å². The van der Waals surface area contributed by atoms with Crippen molar-refractivity contribution in [3.8, 4) is 5.69 Å². The zero-order valence-corrected chi connectivity index (χ0v) is 37.0. The van der Waals surface area contributed by atoms with Gasteiger partial charge in [0, 0.05) is 67.3 Å². The first-order valence-corrected chi connectivity index (χ1v) is 21.2. The molecule has 0 saturated carbocycles. The molecular weight excluding hydrogens is 887 g/mol. The van der Waals surface area contributed by atoms with Crippen molar-refractivity contribution < 1.29 is 14.9 Å². The molecule has 7 aromatic rings. The fourth-order valence-electron chi connectivity index (χ4n) is 7.40. The van der Waals surface area contributed by atoms with Crippen LogP contribution in [0, 0.1) is 17.0 Å². The number of nitrogens with one attached hydrogen (secondary N) is 1. The van der Waals surface area contributed by atoms with Gasteiger partial charge in [-0.25, -0.2) is 10.1 Å². The van der Waals surface area contributed by atoms with Crippen molar-refractivity contribution in [2.45, 2.75) is 13.5 Å². The zero-order valence-electron chi connectivity index (χ0n) is 34.7. The van der Waals surface area contributed by atoms with E-state index in [-0.39, 0.29) is 24.7 Å². The van der Waals surface area contributed by atoms with Crippen molar-refractivity contribution in [3.63, 3.8) is 0 Å². The van der Waals surface area contributed by atoms with E-state index in [9.17, 15) is 20.1 Å². The number of amidine groups is 1. The third kappa shape index (κ3) is 9.76. The van der Waals surface area contributed by atoms with E-state index >= 15 is 0 Å². The molecule has 1 amide bonds. The predicted molar refractivity (Wildman–Crippen MR) is 254 cm³/mol. The highest BCUT2D eigenvalue weighted by Gasteiger charge is 2.24. The van der Waals surface area contributed by atoms with Crippen LogP contribution in [0.25, 0.3) is 11.4 Å². The lowest BCUT2D eigenvalue weighted by molar-refractivity contribution is -0.384. The van der Waals surface area contributed by atoms with Gasteiger partial charge in [-0.15, -0.1) is 10.2 Å². The Hall–Kier alpha value is -7.36. The largest absolute Gasteiger partial charge is 0.324 e. The summed E-state index contributed by atoms with van der Waals surface area (Å²) in [6.45, 7) is 2.61. The number of benzene rings is 6. The smallest absolute Gasteiger partial charge is 0.270 e. The summed E-state index contributed by atoms with van der Waals surface area (Å²) in [5.74, 6) is 1.97. The maximum atomic E-state index is 11.7. The molecule has 0 fully saturated rings. The van der Waals surface area contributed by atoms with E-state index in [0.29, 0.717) is 55.7 Å². The number of aryl methyl sites for hydroxylation is 1. The number of nitro benzene ring substituents is 1. The summed E-state index contributed by atoms with van der Waals surface area (Å²) in [7, 11) is 1.66. The Kier molecular flexibility index (Phi) is 13.3. The Bertz CT molecular complexity index is 3190. The summed E-state index contributed by atoms with van der Waals surface area (Å²) in [5.41, 5.74) is 7.57. The average molecular weight is 924 g/mol. The first-order chi connectivity index (χ1) is 31.5. The molecule has 10 rings (SSSR count). The van der Waals surface area contributed by atoms with Gasteiger partial charge in [0.15, 0.2) is 5.82 Å². The quantitative estimate of drug-likeness (QED) is 0.131. The molecule has 0 bridgehead atoms. The van der Waals surface area contributed by atoms with Crippen LogP contribution < -0.4 is 15.9 Å².